The summed E-state index contributed by atoms with van der Waals surface area (Å²) in [6.45, 7) is -0.297. The summed E-state index contributed by atoms with van der Waals surface area (Å²) in [5.74, 6) is -0.796. The number of hydrogen-bond acceptors (Lipinski definition) is 6. The van der Waals surface area contributed by atoms with Gasteiger partial charge in [-0.15, -0.1) is 0 Å². The number of methoxy groups -OCH3 is 1. The minimum absolute atomic E-state index is 0.152. The molecule has 0 aliphatic heterocycles. The lowest BCUT2D eigenvalue weighted by molar-refractivity contribution is -0.123. The van der Waals surface area contributed by atoms with Gasteiger partial charge in [0, 0.05) is 5.02 Å². The van der Waals surface area contributed by atoms with Crippen LogP contribution in [0.4, 0.5) is 4.39 Å². The Labute approximate surface area is 198 Å². The maximum absolute atomic E-state index is 12.9. The lowest BCUT2D eigenvalue weighted by Crippen LogP contribution is -2.24. The van der Waals surface area contributed by atoms with Crippen molar-refractivity contribution in [3.8, 4) is 17.2 Å². The SMILES string of the molecule is COc1cc(C=NNC(=O)COc2ccc(F)cc2)ccc1OC(=O)c1ccc(Cl)cc1Cl. The molecule has 0 radical (unpaired) electrons. The van der Waals surface area contributed by atoms with Crippen LogP contribution in [0, 0.1) is 5.82 Å². The van der Waals surface area contributed by atoms with Gasteiger partial charge in [0.25, 0.3) is 5.91 Å². The van der Waals surface area contributed by atoms with Gasteiger partial charge in [0.1, 0.15) is 11.6 Å². The van der Waals surface area contributed by atoms with Crippen LogP contribution in [0.2, 0.25) is 10.0 Å². The molecule has 0 atom stereocenters. The largest absolute Gasteiger partial charge is 0.493 e. The van der Waals surface area contributed by atoms with E-state index in [1.165, 1.54) is 61.9 Å². The molecule has 170 valence electrons. The molecular formula is C23H17Cl2FN2O5. The molecule has 0 bridgehead atoms. The number of hydrogen-bond donors (Lipinski definition) is 1. The van der Waals surface area contributed by atoms with E-state index in [4.69, 9.17) is 37.4 Å². The fourth-order valence-corrected chi connectivity index (χ4v) is 3.04. The zero-order valence-corrected chi connectivity index (χ0v) is 18.7. The molecule has 0 spiro atoms. The third kappa shape index (κ3) is 6.93. The van der Waals surface area contributed by atoms with Gasteiger partial charge in [-0.1, -0.05) is 23.2 Å². The minimum Gasteiger partial charge on any atom is -0.493 e. The summed E-state index contributed by atoms with van der Waals surface area (Å²) in [5, 5.41) is 4.40. The molecule has 0 heterocycles. The van der Waals surface area contributed by atoms with Gasteiger partial charge in [0.05, 0.1) is 23.9 Å². The maximum atomic E-state index is 12.9. The van der Waals surface area contributed by atoms with E-state index in [0.717, 1.165) is 0 Å². The van der Waals surface area contributed by atoms with Crippen LogP contribution in [0.15, 0.2) is 65.8 Å². The Morgan fingerprint density at radius 3 is 2.48 bits per heavy atom. The molecule has 0 aromatic heterocycles. The van der Waals surface area contributed by atoms with E-state index < -0.39 is 17.7 Å². The van der Waals surface area contributed by atoms with Crippen molar-refractivity contribution in [3.05, 3.63) is 87.7 Å². The number of benzene rings is 3. The van der Waals surface area contributed by atoms with Crippen molar-refractivity contribution >= 4 is 41.3 Å². The van der Waals surface area contributed by atoms with Crippen molar-refractivity contribution in [1.82, 2.24) is 5.43 Å². The number of carbonyl (C=O) groups excluding carboxylic acids is 2. The van der Waals surface area contributed by atoms with Gasteiger partial charge >= 0.3 is 5.97 Å². The number of ether oxygens (including phenoxy) is 3. The van der Waals surface area contributed by atoms with Gasteiger partial charge in [-0.3, -0.25) is 4.79 Å². The Hall–Kier alpha value is -3.62. The highest BCUT2D eigenvalue weighted by molar-refractivity contribution is 6.36. The number of nitrogens with zero attached hydrogens (tertiary/aromatic N) is 1. The van der Waals surface area contributed by atoms with Crippen molar-refractivity contribution < 1.29 is 28.2 Å². The Morgan fingerprint density at radius 1 is 1.03 bits per heavy atom. The molecule has 1 amide bonds. The number of hydrazone groups is 1. The molecule has 10 heteroatoms. The third-order valence-corrected chi connectivity index (χ3v) is 4.68. The number of carbonyl (C=O) groups is 2. The first-order valence-corrected chi connectivity index (χ1v) is 10.2. The van der Waals surface area contributed by atoms with Crippen LogP contribution in [-0.4, -0.2) is 31.8 Å². The van der Waals surface area contributed by atoms with E-state index >= 15 is 0 Å². The average molecular weight is 491 g/mol. The maximum Gasteiger partial charge on any atom is 0.345 e. The van der Waals surface area contributed by atoms with Gasteiger partial charge in [-0.2, -0.15) is 5.10 Å². The van der Waals surface area contributed by atoms with Crippen LogP contribution in [0.3, 0.4) is 0 Å². The molecule has 3 aromatic rings. The Kier molecular flexibility index (Phi) is 8.23. The molecule has 0 aliphatic rings. The predicted molar refractivity (Wildman–Crippen MR) is 122 cm³/mol. The van der Waals surface area contributed by atoms with Crippen LogP contribution in [-0.2, 0) is 4.79 Å². The molecule has 0 saturated heterocycles. The quantitative estimate of drug-likeness (QED) is 0.210. The number of halogens is 3. The first kappa shape index (κ1) is 24.0. The van der Waals surface area contributed by atoms with E-state index in [2.05, 4.69) is 10.5 Å². The molecule has 3 aromatic carbocycles. The van der Waals surface area contributed by atoms with Crippen LogP contribution < -0.4 is 19.6 Å². The van der Waals surface area contributed by atoms with Crippen LogP contribution >= 0.6 is 23.2 Å². The van der Waals surface area contributed by atoms with Crippen molar-refractivity contribution in [2.45, 2.75) is 0 Å². The molecular weight excluding hydrogens is 474 g/mol. The van der Waals surface area contributed by atoms with Gasteiger partial charge in [-0.05, 0) is 66.2 Å². The van der Waals surface area contributed by atoms with Gasteiger partial charge in [0.2, 0.25) is 0 Å². The monoisotopic (exact) mass is 490 g/mol. The predicted octanol–water partition coefficient (Wildman–Crippen LogP) is 4.89. The Morgan fingerprint density at radius 2 is 1.79 bits per heavy atom. The second kappa shape index (κ2) is 11.3. The average Bonchev–Trinajstić information content (AvgIpc) is 2.79. The fourth-order valence-electron chi connectivity index (χ4n) is 2.55. The highest BCUT2D eigenvalue weighted by Crippen LogP contribution is 2.30. The van der Waals surface area contributed by atoms with E-state index in [1.54, 1.807) is 12.1 Å². The Bertz CT molecular complexity index is 1190. The smallest absolute Gasteiger partial charge is 0.345 e. The van der Waals surface area contributed by atoms with Gasteiger partial charge in [0.15, 0.2) is 18.1 Å². The van der Waals surface area contributed by atoms with Crippen molar-refractivity contribution in [2.24, 2.45) is 5.10 Å². The van der Waals surface area contributed by atoms with Gasteiger partial charge < -0.3 is 14.2 Å². The summed E-state index contributed by atoms with van der Waals surface area (Å²) in [6, 6.07) is 14.4. The molecule has 7 nitrogen and oxygen atoms in total. The van der Waals surface area contributed by atoms with E-state index in [9.17, 15) is 14.0 Å². The highest BCUT2D eigenvalue weighted by Gasteiger charge is 2.16. The fraction of sp³-hybridized carbons (Fsp3) is 0.0870. The standard InChI is InChI=1S/C23H17Cl2FN2O5/c1-31-21-10-14(12-27-28-22(29)13-32-17-6-4-16(26)5-7-17)2-9-20(21)33-23(30)18-8-3-15(24)11-19(18)25/h2-12H,13H2,1H3,(H,28,29). The number of nitrogens with one attached hydrogen (secondary N) is 1. The second-order valence-corrected chi connectivity index (χ2v) is 7.30. The molecule has 0 unspecified atom stereocenters. The number of rotatable bonds is 8. The topological polar surface area (TPSA) is 86.2 Å². The molecule has 0 saturated carbocycles. The van der Waals surface area contributed by atoms with Gasteiger partial charge in [-0.25, -0.2) is 14.6 Å². The molecule has 0 fully saturated rings. The molecule has 1 N–H and O–H groups in total. The summed E-state index contributed by atoms with van der Waals surface area (Å²) in [7, 11) is 1.41. The number of esters is 1. The number of amides is 1. The summed E-state index contributed by atoms with van der Waals surface area (Å²) in [4.78, 5) is 24.2. The zero-order chi connectivity index (χ0) is 23.8. The third-order valence-electron chi connectivity index (χ3n) is 4.13. The minimum atomic E-state index is -0.676. The van der Waals surface area contributed by atoms with Crippen molar-refractivity contribution in [1.29, 1.82) is 0 Å². The van der Waals surface area contributed by atoms with E-state index in [1.807, 2.05) is 0 Å². The van der Waals surface area contributed by atoms with Crippen LogP contribution in [0.25, 0.3) is 0 Å². The first-order chi connectivity index (χ1) is 15.9. The molecule has 0 aliphatic carbocycles. The van der Waals surface area contributed by atoms with Crippen molar-refractivity contribution in [2.75, 3.05) is 13.7 Å². The van der Waals surface area contributed by atoms with E-state index in [-0.39, 0.29) is 28.7 Å². The Balaban J connectivity index is 1.58. The lowest BCUT2D eigenvalue weighted by atomic mass is 10.2. The van der Waals surface area contributed by atoms with Crippen molar-refractivity contribution in [3.63, 3.8) is 0 Å². The zero-order valence-electron chi connectivity index (χ0n) is 17.2. The summed E-state index contributed by atoms with van der Waals surface area (Å²) < 4.78 is 28.7. The van der Waals surface area contributed by atoms with E-state index in [0.29, 0.717) is 16.3 Å². The lowest BCUT2D eigenvalue weighted by Gasteiger charge is -2.10. The second-order valence-electron chi connectivity index (χ2n) is 6.46. The normalized spacial score (nSPS) is 10.7. The van der Waals surface area contributed by atoms with Crippen LogP contribution in [0.1, 0.15) is 15.9 Å². The van der Waals surface area contributed by atoms with Crippen LogP contribution in [0.5, 0.6) is 17.2 Å². The summed E-state index contributed by atoms with van der Waals surface area (Å²) in [5.41, 5.74) is 3.03. The summed E-state index contributed by atoms with van der Waals surface area (Å²) >= 11 is 11.9. The summed E-state index contributed by atoms with van der Waals surface area (Å²) in [6.07, 6.45) is 1.37. The molecule has 3 rings (SSSR count). The first-order valence-electron chi connectivity index (χ1n) is 9.41. The molecule has 33 heavy (non-hydrogen) atoms. The highest BCUT2D eigenvalue weighted by atomic mass is 35.5.